The Bertz CT molecular complexity index is 2380. The molecule has 95 heavy (non-hydrogen) atoms. The fourth-order valence-electron chi connectivity index (χ4n) is 12.1. The van der Waals surface area contributed by atoms with Crippen molar-refractivity contribution in [1.82, 2.24) is 10.6 Å². The summed E-state index contributed by atoms with van der Waals surface area (Å²) in [5.41, 5.74) is 0. The van der Waals surface area contributed by atoms with Crippen LogP contribution in [-0.4, -0.2) is 433 Å². The van der Waals surface area contributed by atoms with E-state index in [0.717, 1.165) is 13.8 Å². The van der Waals surface area contributed by atoms with Gasteiger partial charge < -0.3 is 204 Å². The summed E-state index contributed by atoms with van der Waals surface area (Å²) in [5.74, 6) is -1.65. The van der Waals surface area contributed by atoms with Crippen molar-refractivity contribution in [3.8, 4) is 0 Å². The Hall–Kier alpha value is -2.62. The van der Waals surface area contributed by atoms with E-state index in [9.17, 15) is 132 Å². The molecule has 0 spiro atoms. The Balaban J connectivity index is 1.04. The number of rotatable bonds is 24. The van der Waals surface area contributed by atoms with Crippen LogP contribution in [0.1, 0.15) is 13.8 Å². The summed E-state index contributed by atoms with van der Waals surface area (Å²) in [7, 11) is 0. The van der Waals surface area contributed by atoms with Gasteiger partial charge in [0.05, 0.1) is 52.9 Å². The Morgan fingerprint density at radius 2 is 0.537 bits per heavy atom. The molecule has 0 aromatic rings. The maximum Gasteiger partial charge on any atom is 0.217 e. The van der Waals surface area contributed by atoms with Crippen molar-refractivity contribution in [1.29, 1.82) is 0 Å². The lowest BCUT2D eigenvalue weighted by Crippen LogP contribution is -2.70. The van der Waals surface area contributed by atoms with E-state index in [0.29, 0.717) is 0 Å². The van der Waals surface area contributed by atoms with Gasteiger partial charge in [0, 0.05) is 13.8 Å². The standard InChI is InChI=1S/C52H88N2O41/c1-11(61)53-21-29(69)40(17(7-59)83-45(21)80)91-46-22(54-12(2)62)30(70)41(18(8-60)88-46)92-52-39(79)44(95-51-38(78)43(27(67)16(6-58)87-51)94-50-36(76)32(72)24(64)14(4-56)86-50)28(68)20(90-52)10-81-47-34(74)33(73)25(65)19(89-47)9-82-48-37(77)42(26(66)15(5-57)84-48)93-49-35(75)31(71)23(63)13(3-55)85-49/h13-52,55-60,63-80H,3-10H2,1-2H3,(H,53,61)(H,54,62)/t13-,14-,15-,16-,17-,18-,19-,20-,21-,22-,23-,24-,25-,26-,27-,28-,29-,30-,31+,32+,33+,34+,35+,36+,37+,38+,39+,40-,41-,42+,43+,44+,45-,46+,47+,48+,49-,50-,51-,52+/m1/s1. The minimum Gasteiger partial charge on any atom is -0.394 e. The molecule has 26 N–H and O–H groups in total. The van der Waals surface area contributed by atoms with Crippen LogP contribution in [0.5, 0.6) is 0 Å². The van der Waals surface area contributed by atoms with E-state index in [2.05, 4.69) is 10.6 Å². The van der Waals surface area contributed by atoms with Crippen LogP contribution in [0.25, 0.3) is 0 Å². The molecular formula is C52H88N2O41. The Kier molecular flexibility index (Phi) is 27.9. The normalized spacial score (nSPS) is 50.8. The minimum absolute atomic E-state index is 0.756. The molecule has 0 radical (unpaired) electrons. The first kappa shape index (κ1) is 78.1. The highest BCUT2D eigenvalue weighted by atomic mass is 16.8. The fraction of sp³-hybridized carbons (Fsp3) is 0.962. The predicted molar refractivity (Wildman–Crippen MR) is 288 cm³/mol. The summed E-state index contributed by atoms with van der Waals surface area (Å²) in [5, 5.41) is 265. The molecule has 40 atom stereocenters. The van der Waals surface area contributed by atoms with Crippen molar-refractivity contribution < 1.29 is 203 Å². The molecule has 0 unspecified atom stereocenters. The Labute approximate surface area is 536 Å². The minimum atomic E-state index is -2.43. The quantitative estimate of drug-likeness (QED) is 0.0427. The third-order valence-electron chi connectivity index (χ3n) is 17.4. The van der Waals surface area contributed by atoms with Crippen LogP contribution < -0.4 is 10.6 Å². The number of carbonyl (C=O) groups is 2. The molecule has 8 rings (SSSR count). The van der Waals surface area contributed by atoms with Crippen LogP contribution >= 0.6 is 0 Å². The molecule has 0 aromatic carbocycles. The van der Waals surface area contributed by atoms with Gasteiger partial charge in [-0.15, -0.1) is 0 Å². The van der Waals surface area contributed by atoms with E-state index in [1.165, 1.54) is 0 Å². The van der Waals surface area contributed by atoms with E-state index in [1.807, 2.05) is 0 Å². The first-order valence-corrected chi connectivity index (χ1v) is 30.1. The Morgan fingerprint density at radius 3 is 0.958 bits per heavy atom. The summed E-state index contributed by atoms with van der Waals surface area (Å²) in [6.45, 7) is -6.04. The van der Waals surface area contributed by atoms with E-state index < -0.39 is 310 Å². The van der Waals surface area contributed by atoms with Crippen LogP contribution in [0.15, 0.2) is 0 Å². The van der Waals surface area contributed by atoms with Gasteiger partial charge in [-0.3, -0.25) is 9.59 Å². The molecule has 8 aliphatic rings. The molecule has 43 heteroatoms. The predicted octanol–water partition coefficient (Wildman–Crippen LogP) is -18.2. The topological polar surface area (TPSA) is 682 Å². The van der Waals surface area contributed by atoms with Crippen molar-refractivity contribution in [2.75, 3.05) is 52.9 Å². The molecule has 2 amide bonds. The van der Waals surface area contributed by atoms with Gasteiger partial charge >= 0.3 is 0 Å². The van der Waals surface area contributed by atoms with Gasteiger partial charge in [0.1, 0.15) is 195 Å². The number of amides is 2. The largest absolute Gasteiger partial charge is 0.394 e. The zero-order chi connectivity index (χ0) is 69.9. The number of nitrogens with one attached hydrogen (secondary N) is 2. The summed E-state index contributed by atoms with van der Waals surface area (Å²) in [6.07, 6.45) is -76.2. The molecule has 0 aromatic heterocycles. The van der Waals surface area contributed by atoms with Gasteiger partial charge in [0.25, 0.3) is 0 Å². The number of carbonyl (C=O) groups excluding carboxylic acids is 2. The molecule has 8 heterocycles. The molecule has 0 bridgehead atoms. The first-order valence-electron chi connectivity index (χ1n) is 30.1. The lowest BCUT2D eigenvalue weighted by molar-refractivity contribution is -0.392. The second kappa shape index (κ2) is 33.9. The Morgan fingerprint density at radius 1 is 0.274 bits per heavy atom. The second-order valence-electron chi connectivity index (χ2n) is 23.9. The number of aliphatic hydroxyl groups is 24. The summed E-state index contributed by atoms with van der Waals surface area (Å²) >= 11 is 0. The molecular weight excluding hydrogens is 1310 g/mol. The number of hydrogen-bond donors (Lipinski definition) is 26. The van der Waals surface area contributed by atoms with E-state index in [4.69, 9.17) is 71.1 Å². The molecule has 0 saturated carbocycles. The lowest BCUT2D eigenvalue weighted by Gasteiger charge is -2.50. The van der Waals surface area contributed by atoms with Gasteiger partial charge in [-0.2, -0.15) is 0 Å². The van der Waals surface area contributed by atoms with E-state index >= 15 is 0 Å². The zero-order valence-corrected chi connectivity index (χ0v) is 50.4. The average molecular weight is 1400 g/mol. The van der Waals surface area contributed by atoms with Crippen molar-refractivity contribution in [2.24, 2.45) is 0 Å². The highest BCUT2D eigenvalue weighted by molar-refractivity contribution is 5.73. The lowest BCUT2D eigenvalue weighted by atomic mass is 9.94. The molecule has 8 aliphatic heterocycles. The highest BCUT2D eigenvalue weighted by Gasteiger charge is 2.59. The molecule has 43 nitrogen and oxygen atoms in total. The maximum atomic E-state index is 12.8. The first-order chi connectivity index (χ1) is 44.9. The van der Waals surface area contributed by atoms with Crippen molar-refractivity contribution in [3.05, 3.63) is 0 Å². The third kappa shape index (κ3) is 17.0. The highest BCUT2D eigenvalue weighted by Crippen LogP contribution is 2.38. The molecule has 552 valence electrons. The smallest absolute Gasteiger partial charge is 0.217 e. The van der Waals surface area contributed by atoms with Crippen LogP contribution in [0.3, 0.4) is 0 Å². The van der Waals surface area contributed by atoms with Crippen LogP contribution in [0, 0.1) is 0 Å². The number of hydrogen-bond acceptors (Lipinski definition) is 41. The van der Waals surface area contributed by atoms with Gasteiger partial charge in [-0.1, -0.05) is 0 Å². The van der Waals surface area contributed by atoms with Crippen molar-refractivity contribution >= 4 is 11.8 Å². The van der Waals surface area contributed by atoms with Gasteiger partial charge in [-0.05, 0) is 0 Å². The van der Waals surface area contributed by atoms with Gasteiger partial charge in [0.2, 0.25) is 11.8 Å². The van der Waals surface area contributed by atoms with Crippen molar-refractivity contribution in [2.45, 2.75) is 259 Å². The maximum absolute atomic E-state index is 12.8. The number of ether oxygens (including phenoxy) is 15. The number of aliphatic hydroxyl groups excluding tert-OH is 24. The van der Waals surface area contributed by atoms with Gasteiger partial charge in [0.15, 0.2) is 50.3 Å². The van der Waals surface area contributed by atoms with Crippen LogP contribution in [0.2, 0.25) is 0 Å². The molecule has 0 aliphatic carbocycles. The van der Waals surface area contributed by atoms with Crippen LogP contribution in [0.4, 0.5) is 0 Å². The second-order valence-corrected chi connectivity index (χ2v) is 23.9. The monoisotopic (exact) mass is 1400 g/mol. The van der Waals surface area contributed by atoms with E-state index in [1.54, 1.807) is 0 Å². The summed E-state index contributed by atoms with van der Waals surface area (Å²) < 4.78 is 85.6. The van der Waals surface area contributed by atoms with Crippen LogP contribution in [-0.2, 0) is 80.6 Å². The molecule has 8 fully saturated rings. The zero-order valence-electron chi connectivity index (χ0n) is 50.4. The summed E-state index contributed by atoms with van der Waals surface area (Å²) in [4.78, 5) is 24.8. The SMILES string of the molecule is CC(=O)N[C@@H]1[C@@H](O)[C@H](O[C@@H]2O[C@H](CO)[C@@H](O[C@@H]3O[C@H](CO[C@H]4O[C@H](CO[C@H]5O[C@H](CO)[C@@H](O)[C@H](O[C@H]6O[C@H](CO)[C@@H](O)[C@H](O)[C@@H]6O)[C@@H]5O)[C@@H](O)[C@H](O)[C@@H]4O)[C@@H](O)[C@H](O[C@H]4O[C@H](CO)[C@@H](O)[C@H](O[C@H]5O[C@H](CO)[C@@H](O)[C@H](O)[C@@H]5O)[C@@H]4O)[C@@H]3O)[C@H](O)[C@H]2NC(C)=O)[C@@H](CO)O[C@H]1O. The van der Waals surface area contributed by atoms with E-state index in [-0.39, 0.29) is 0 Å². The van der Waals surface area contributed by atoms with Crippen molar-refractivity contribution in [3.63, 3.8) is 0 Å². The average Bonchev–Trinajstić information content (AvgIpc) is 0.791. The fourth-order valence-corrected chi connectivity index (χ4v) is 12.1. The van der Waals surface area contributed by atoms with Gasteiger partial charge in [-0.25, -0.2) is 0 Å². The molecule has 8 saturated heterocycles. The third-order valence-corrected chi connectivity index (χ3v) is 17.4. The summed E-state index contributed by atoms with van der Waals surface area (Å²) in [6, 6.07) is -3.44.